The maximum atomic E-state index is 12.4. The second kappa shape index (κ2) is 6.71. The summed E-state index contributed by atoms with van der Waals surface area (Å²) in [6.07, 6.45) is 3.58. The van der Waals surface area contributed by atoms with E-state index >= 15 is 0 Å². The van der Waals surface area contributed by atoms with Crippen LogP contribution in [0.4, 0.5) is 0 Å². The van der Waals surface area contributed by atoms with Crippen LogP contribution in [-0.4, -0.2) is 22.6 Å². The van der Waals surface area contributed by atoms with Crippen molar-refractivity contribution in [2.24, 2.45) is 10.8 Å². The average molecular weight is 404 g/mol. The molecule has 4 heteroatoms. The molecule has 1 aliphatic carbocycles. The zero-order chi connectivity index (χ0) is 21.1. The lowest BCUT2D eigenvalue weighted by Gasteiger charge is -2.40. The molecule has 1 aromatic heterocycles. The highest BCUT2D eigenvalue weighted by Crippen LogP contribution is 2.53. The number of fused-ring (bicyclic) bond motifs is 3. The second-order valence-electron chi connectivity index (χ2n) is 10.4. The Bertz CT molecular complexity index is 1160. The van der Waals surface area contributed by atoms with E-state index < -0.39 is 0 Å². The van der Waals surface area contributed by atoms with Gasteiger partial charge >= 0.3 is 5.63 Å². The lowest BCUT2D eigenvalue weighted by Crippen LogP contribution is -2.34. The van der Waals surface area contributed by atoms with Gasteiger partial charge in [-0.2, -0.15) is 0 Å². The summed E-state index contributed by atoms with van der Waals surface area (Å²) in [5, 5.41) is 11.6. The van der Waals surface area contributed by atoms with E-state index in [2.05, 4.69) is 25.7 Å². The Hall–Kier alpha value is -2.59. The Morgan fingerprint density at radius 2 is 1.87 bits per heavy atom. The average Bonchev–Trinajstić information content (AvgIpc) is 2.92. The second-order valence-corrected chi connectivity index (χ2v) is 10.4. The molecule has 0 amide bonds. The minimum atomic E-state index is -0.388. The van der Waals surface area contributed by atoms with Crippen LogP contribution >= 0.6 is 0 Å². The fraction of sp³-hybridized carbons (Fsp3) is 0.423. The van der Waals surface area contributed by atoms with Gasteiger partial charge in [-0.05, 0) is 53.4 Å². The van der Waals surface area contributed by atoms with Gasteiger partial charge in [-0.25, -0.2) is 4.79 Å². The molecule has 0 spiro atoms. The van der Waals surface area contributed by atoms with E-state index in [-0.39, 0.29) is 11.4 Å². The largest absolute Gasteiger partial charge is 0.507 e. The highest BCUT2D eigenvalue weighted by atomic mass is 16.4. The summed E-state index contributed by atoms with van der Waals surface area (Å²) in [5.74, 6) is 0.196. The molecule has 1 N–H and O–H groups in total. The van der Waals surface area contributed by atoms with Crippen molar-refractivity contribution in [3.8, 4) is 16.9 Å². The molecule has 2 bridgehead atoms. The third-order valence-corrected chi connectivity index (χ3v) is 6.96. The van der Waals surface area contributed by atoms with Crippen molar-refractivity contribution in [1.82, 2.24) is 4.90 Å². The van der Waals surface area contributed by atoms with E-state index in [1.807, 2.05) is 36.4 Å². The minimum absolute atomic E-state index is 0.196. The van der Waals surface area contributed by atoms with Gasteiger partial charge in [0.05, 0.1) is 5.56 Å². The molecule has 30 heavy (non-hydrogen) atoms. The molecule has 1 aliphatic heterocycles. The molecule has 0 radical (unpaired) electrons. The number of hydrogen-bond donors (Lipinski definition) is 1. The standard InChI is InChI=1S/C26H29NO3/c1-25(2)12-18-13-26(3,15-25)16-27(18)14-21-22(28)10-9-19-20(11-23(29)30-24(19)21)17-7-5-4-6-8-17/h4-11,18,28H,12-16H2,1-3H3/t18-,26+/m1/s1. The molecule has 156 valence electrons. The van der Waals surface area contributed by atoms with Crippen molar-refractivity contribution >= 4 is 11.0 Å². The van der Waals surface area contributed by atoms with Crippen molar-refractivity contribution in [3.05, 3.63) is 64.5 Å². The number of benzene rings is 2. The first-order valence-corrected chi connectivity index (χ1v) is 10.8. The lowest BCUT2D eigenvalue weighted by molar-refractivity contribution is 0.126. The SMILES string of the molecule is CC1(C)C[C@@H]2C[C@](C)(CN2Cc2c(O)ccc3c(-c4ccccc4)cc(=O)oc23)C1. The van der Waals surface area contributed by atoms with Gasteiger partial charge in [0.25, 0.3) is 0 Å². The van der Waals surface area contributed by atoms with Crippen LogP contribution in [0.1, 0.15) is 45.6 Å². The zero-order valence-electron chi connectivity index (χ0n) is 17.9. The Labute approximate surface area is 177 Å². The molecule has 1 saturated carbocycles. The molecule has 2 atom stereocenters. The fourth-order valence-electron chi connectivity index (χ4n) is 6.25. The van der Waals surface area contributed by atoms with Crippen LogP contribution in [0, 0.1) is 10.8 Å². The van der Waals surface area contributed by atoms with Gasteiger partial charge in [-0.1, -0.05) is 51.1 Å². The Morgan fingerprint density at radius 3 is 2.63 bits per heavy atom. The highest BCUT2D eigenvalue weighted by Gasteiger charge is 2.49. The van der Waals surface area contributed by atoms with Crippen molar-refractivity contribution in [3.63, 3.8) is 0 Å². The summed E-state index contributed by atoms with van der Waals surface area (Å²) >= 11 is 0. The first kappa shape index (κ1) is 19.4. The van der Waals surface area contributed by atoms with Gasteiger partial charge in [0.15, 0.2) is 0 Å². The summed E-state index contributed by atoms with van der Waals surface area (Å²) < 4.78 is 5.68. The molecule has 2 heterocycles. The minimum Gasteiger partial charge on any atom is -0.507 e. The first-order chi connectivity index (χ1) is 14.2. The van der Waals surface area contributed by atoms with E-state index in [1.54, 1.807) is 12.1 Å². The van der Waals surface area contributed by atoms with Crippen LogP contribution in [-0.2, 0) is 6.54 Å². The number of likely N-dealkylation sites (tertiary alicyclic amines) is 1. The van der Waals surface area contributed by atoms with Crippen molar-refractivity contribution < 1.29 is 9.52 Å². The highest BCUT2D eigenvalue weighted by molar-refractivity contribution is 5.95. The Kier molecular flexibility index (Phi) is 4.33. The molecule has 2 aromatic carbocycles. The monoisotopic (exact) mass is 403 g/mol. The van der Waals surface area contributed by atoms with Crippen LogP contribution in [0.3, 0.4) is 0 Å². The van der Waals surface area contributed by atoms with Crippen molar-refractivity contribution in [1.29, 1.82) is 0 Å². The van der Waals surface area contributed by atoms with E-state index in [9.17, 15) is 9.90 Å². The number of phenols is 1. The number of hydrogen-bond acceptors (Lipinski definition) is 4. The summed E-state index contributed by atoms with van der Waals surface area (Å²) in [6.45, 7) is 8.72. The maximum absolute atomic E-state index is 12.4. The number of aromatic hydroxyl groups is 1. The van der Waals surface area contributed by atoms with E-state index in [4.69, 9.17) is 4.42 Å². The van der Waals surface area contributed by atoms with Gasteiger partial charge in [-0.15, -0.1) is 0 Å². The quantitative estimate of drug-likeness (QED) is 0.581. The van der Waals surface area contributed by atoms with Crippen LogP contribution < -0.4 is 5.63 Å². The molecule has 0 unspecified atom stereocenters. The summed E-state index contributed by atoms with van der Waals surface area (Å²) in [4.78, 5) is 14.9. The van der Waals surface area contributed by atoms with Crippen LogP contribution in [0.15, 0.2) is 57.7 Å². The Morgan fingerprint density at radius 1 is 1.10 bits per heavy atom. The van der Waals surface area contributed by atoms with E-state index in [0.717, 1.165) is 35.0 Å². The van der Waals surface area contributed by atoms with E-state index in [0.29, 0.717) is 29.0 Å². The molecule has 5 rings (SSSR count). The predicted molar refractivity (Wildman–Crippen MR) is 120 cm³/mol. The van der Waals surface area contributed by atoms with Crippen LogP contribution in [0.25, 0.3) is 22.1 Å². The van der Waals surface area contributed by atoms with Crippen molar-refractivity contribution in [2.75, 3.05) is 6.54 Å². The molecular weight excluding hydrogens is 374 g/mol. The summed E-state index contributed by atoms with van der Waals surface area (Å²) in [5.41, 5.74) is 3.29. The number of nitrogens with zero attached hydrogens (tertiary/aromatic N) is 1. The fourth-order valence-corrected chi connectivity index (χ4v) is 6.25. The predicted octanol–water partition coefficient (Wildman–Crippen LogP) is 5.57. The smallest absolute Gasteiger partial charge is 0.336 e. The van der Waals surface area contributed by atoms with Crippen LogP contribution in [0.5, 0.6) is 5.75 Å². The molecule has 2 fully saturated rings. The van der Waals surface area contributed by atoms with Gasteiger partial charge < -0.3 is 9.52 Å². The number of phenolic OH excluding ortho intramolecular Hbond substituents is 1. The van der Waals surface area contributed by atoms with E-state index in [1.165, 1.54) is 12.8 Å². The third-order valence-electron chi connectivity index (χ3n) is 6.96. The lowest BCUT2D eigenvalue weighted by atomic mass is 9.65. The normalized spacial score (nSPS) is 25.6. The maximum Gasteiger partial charge on any atom is 0.336 e. The molecule has 4 nitrogen and oxygen atoms in total. The van der Waals surface area contributed by atoms with Gasteiger partial charge in [0, 0.05) is 30.6 Å². The molecular formula is C26H29NO3. The van der Waals surface area contributed by atoms with Crippen molar-refractivity contribution in [2.45, 2.75) is 52.6 Å². The zero-order valence-corrected chi connectivity index (χ0v) is 17.9. The summed E-state index contributed by atoms with van der Waals surface area (Å²) in [6, 6.07) is 15.5. The number of rotatable bonds is 3. The Balaban J connectivity index is 1.60. The van der Waals surface area contributed by atoms with Gasteiger partial charge in [0.2, 0.25) is 0 Å². The molecule has 2 aliphatic rings. The van der Waals surface area contributed by atoms with Gasteiger partial charge in [-0.3, -0.25) is 4.90 Å². The summed E-state index contributed by atoms with van der Waals surface area (Å²) in [7, 11) is 0. The van der Waals surface area contributed by atoms with Crippen LogP contribution in [0.2, 0.25) is 0 Å². The topological polar surface area (TPSA) is 53.7 Å². The first-order valence-electron chi connectivity index (χ1n) is 10.8. The molecule has 1 saturated heterocycles. The van der Waals surface area contributed by atoms with Gasteiger partial charge in [0.1, 0.15) is 11.3 Å². The third kappa shape index (κ3) is 3.33. The molecule has 3 aromatic rings.